The zero-order valence-corrected chi connectivity index (χ0v) is 26.5. The number of aromatic amines is 1. The van der Waals surface area contributed by atoms with Gasteiger partial charge in [0, 0.05) is 38.8 Å². The molecule has 3 N–H and O–H groups in total. The fraction of sp³-hybridized carbons (Fsp3) is 0.355. The summed E-state index contributed by atoms with van der Waals surface area (Å²) in [4.78, 5) is 36.8. The van der Waals surface area contributed by atoms with Crippen molar-refractivity contribution < 1.29 is 10.2 Å². The summed E-state index contributed by atoms with van der Waals surface area (Å²) in [5, 5.41) is 21.5. The van der Waals surface area contributed by atoms with Crippen LogP contribution in [-0.2, 0) is 7.05 Å². The Morgan fingerprint density at radius 2 is 1.35 bits per heavy atom. The maximum Gasteiger partial charge on any atom is 0.329 e. The van der Waals surface area contributed by atoms with E-state index in [2.05, 4.69) is 46.8 Å². The summed E-state index contributed by atoms with van der Waals surface area (Å²) in [7, 11) is 1.78. The molecule has 12 heteroatoms. The van der Waals surface area contributed by atoms with Crippen molar-refractivity contribution >= 4 is 75.7 Å². The lowest BCUT2D eigenvalue weighted by Crippen LogP contribution is -2.25. The van der Waals surface area contributed by atoms with Crippen LogP contribution in [0.5, 0.6) is 0 Å². The van der Waals surface area contributed by atoms with Crippen LogP contribution in [0, 0.1) is 0 Å². The molecular weight excluding hydrogens is 680 g/mol. The van der Waals surface area contributed by atoms with Gasteiger partial charge < -0.3 is 15.2 Å². The third kappa shape index (κ3) is 4.94. The number of fused-ring (bicyclic) bond motifs is 6. The third-order valence-electron chi connectivity index (χ3n) is 8.87. The first-order chi connectivity index (χ1) is 20.7. The molecule has 2 aliphatic rings. The molecule has 4 aromatic heterocycles. The molecule has 0 spiro atoms. The Labute approximate surface area is 262 Å². The molecule has 222 valence electrons. The molecule has 0 saturated heterocycles. The standard InChI is InChI=1S/C16H16BrN3O2.C15H14BrN3O2/c1-19-14-8-18-13-5-2-9(17)6-12(13)15(14)20(16(19)22)10-3-4-11(21)7-10;16-8-1-4-12-11(5-8)14-13(7-17-12)18-15(21)19(14)9-2-3-10(20)6-9/h2,5-6,8,10-11,21H,3-4,7H2,1H3;1,4-5,7,9-10,20H,2-3,6H2,(H,18,21). The van der Waals surface area contributed by atoms with E-state index in [-0.39, 0.29) is 35.7 Å². The Morgan fingerprint density at radius 1 is 0.791 bits per heavy atom. The Balaban J connectivity index is 0.000000140. The lowest BCUT2D eigenvalue weighted by atomic mass is 10.1. The second kappa shape index (κ2) is 11.0. The van der Waals surface area contributed by atoms with Crippen molar-refractivity contribution in [2.24, 2.45) is 7.05 Å². The van der Waals surface area contributed by atoms with Crippen molar-refractivity contribution in [2.45, 2.75) is 62.8 Å². The van der Waals surface area contributed by atoms with E-state index in [0.717, 1.165) is 78.5 Å². The number of imidazole rings is 2. The van der Waals surface area contributed by atoms with E-state index < -0.39 is 0 Å². The summed E-state index contributed by atoms with van der Waals surface area (Å²) in [6, 6.07) is 11.9. The summed E-state index contributed by atoms with van der Waals surface area (Å²) < 4.78 is 7.21. The van der Waals surface area contributed by atoms with Crippen LogP contribution in [0.1, 0.15) is 50.6 Å². The van der Waals surface area contributed by atoms with E-state index in [1.807, 2.05) is 41.0 Å². The number of benzene rings is 2. The van der Waals surface area contributed by atoms with E-state index >= 15 is 0 Å². The number of H-pyrrole nitrogens is 1. The first kappa shape index (κ1) is 28.5. The highest BCUT2D eigenvalue weighted by Crippen LogP contribution is 2.35. The molecule has 10 nitrogen and oxygen atoms in total. The van der Waals surface area contributed by atoms with Crippen LogP contribution in [0.25, 0.3) is 43.9 Å². The quantitative estimate of drug-likeness (QED) is 0.219. The molecule has 2 aromatic carbocycles. The second-order valence-electron chi connectivity index (χ2n) is 11.6. The average molecular weight is 710 g/mol. The van der Waals surface area contributed by atoms with Crippen LogP contribution >= 0.6 is 31.9 Å². The van der Waals surface area contributed by atoms with Crippen LogP contribution in [-0.4, -0.2) is 51.1 Å². The van der Waals surface area contributed by atoms with Gasteiger partial charge in [-0.15, -0.1) is 0 Å². The fourth-order valence-corrected chi connectivity index (χ4v) is 7.53. The highest BCUT2D eigenvalue weighted by molar-refractivity contribution is 9.10. The summed E-state index contributed by atoms with van der Waals surface area (Å²) >= 11 is 6.98. The van der Waals surface area contributed by atoms with Crippen LogP contribution in [0.15, 0.2) is 67.3 Å². The number of aryl methyl sites for hydroxylation is 1. The van der Waals surface area contributed by atoms with Crippen molar-refractivity contribution in [3.63, 3.8) is 0 Å². The number of aliphatic hydroxyl groups is 2. The van der Waals surface area contributed by atoms with Crippen molar-refractivity contribution in [3.8, 4) is 0 Å². The van der Waals surface area contributed by atoms with Gasteiger partial charge in [-0.05, 0) is 74.9 Å². The lowest BCUT2D eigenvalue weighted by Gasteiger charge is -2.13. The number of nitrogens with one attached hydrogen (secondary N) is 1. The maximum absolute atomic E-state index is 12.7. The second-order valence-corrected chi connectivity index (χ2v) is 13.4. The van der Waals surface area contributed by atoms with Crippen LogP contribution in [0.4, 0.5) is 0 Å². The SMILES string of the molecule is Cn1c(=O)n(C2CCC(O)C2)c2c3cc(Br)ccc3ncc21.O=c1[nH]c2cnc3ccc(Br)cc3c2n1C1CCC(O)C1. The number of halogens is 2. The number of rotatable bonds is 2. The minimum Gasteiger partial charge on any atom is -0.393 e. The molecule has 4 unspecified atom stereocenters. The van der Waals surface area contributed by atoms with Crippen molar-refractivity contribution in [2.75, 3.05) is 0 Å². The average Bonchev–Trinajstić information content (AvgIpc) is 3.74. The van der Waals surface area contributed by atoms with Gasteiger partial charge in [-0.2, -0.15) is 0 Å². The van der Waals surface area contributed by atoms with Crippen molar-refractivity contribution in [1.82, 2.24) is 28.7 Å². The molecule has 2 saturated carbocycles. The van der Waals surface area contributed by atoms with Crippen LogP contribution < -0.4 is 11.4 Å². The summed E-state index contributed by atoms with van der Waals surface area (Å²) in [5.41, 5.74) is 4.93. The lowest BCUT2D eigenvalue weighted by molar-refractivity contribution is 0.177. The van der Waals surface area contributed by atoms with Crippen molar-refractivity contribution in [1.29, 1.82) is 0 Å². The Kier molecular flexibility index (Phi) is 7.27. The van der Waals surface area contributed by atoms with Gasteiger partial charge in [-0.25, -0.2) is 9.59 Å². The highest BCUT2D eigenvalue weighted by atomic mass is 79.9. The van der Waals surface area contributed by atoms with E-state index in [9.17, 15) is 19.8 Å². The summed E-state index contributed by atoms with van der Waals surface area (Å²) in [6.45, 7) is 0. The van der Waals surface area contributed by atoms with Gasteiger partial charge in [0.05, 0.1) is 57.7 Å². The molecule has 0 bridgehead atoms. The van der Waals surface area contributed by atoms with Gasteiger partial charge in [-0.1, -0.05) is 31.9 Å². The zero-order valence-electron chi connectivity index (χ0n) is 23.4. The summed E-state index contributed by atoms with van der Waals surface area (Å²) in [6.07, 6.45) is 7.25. The van der Waals surface area contributed by atoms with E-state index in [1.54, 1.807) is 28.6 Å². The number of aromatic nitrogens is 6. The molecule has 0 aliphatic heterocycles. The Hall–Kier alpha value is -3.32. The number of pyridine rings is 2. The molecule has 0 radical (unpaired) electrons. The minimum atomic E-state index is -0.313. The van der Waals surface area contributed by atoms with E-state index in [0.29, 0.717) is 12.8 Å². The fourth-order valence-electron chi connectivity index (χ4n) is 6.80. The smallest absolute Gasteiger partial charge is 0.329 e. The van der Waals surface area contributed by atoms with Crippen LogP contribution in [0.3, 0.4) is 0 Å². The largest absolute Gasteiger partial charge is 0.393 e. The number of hydrogen-bond acceptors (Lipinski definition) is 6. The van der Waals surface area contributed by atoms with Gasteiger partial charge in [0.2, 0.25) is 0 Å². The molecular formula is C31H30Br2N6O4. The van der Waals surface area contributed by atoms with Gasteiger partial charge >= 0.3 is 11.4 Å². The van der Waals surface area contributed by atoms with Gasteiger partial charge in [0.1, 0.15) is 0 Å². The Morgan fingerprint density at radius 3 is 1.93 bits per heavy atom. The van der Waals surface area contributed by atoms with Gasteiger partial charge in [0.25, 0.3) is 0 Å². The number of nitrogens with zero attached hydrogens (tertiary/aromatic N) is 5. The molecule has 2 aliphatic carbocycles. The number of hydrogen-bond donors (Lipinski definition) is 3. The van der Waals surface area contributed by atoms with Gasteiger partial charge in [-0.3, -0.25) is 23.7 Å². The first-order valence-electron chi connectivity index (χ1n) is 14.4. The van der Waals surface area contributed by atoms with Crippen LogP contribution in [0.2, 0.25) is 0 Å². The van der Waals surface area contributed by atoms with Crippen molar-refractivity contribution in [3.05, 3.63) is 78.7 Å². The maximum atomic E-state index is 12.7. The van der Waals surface area contributed by atoms with E-state index in [4.69, 9.17) is 0 Å². The predicted octanol–water partition coefficient (Wildman–Crippen LogP) is 5.46. The molecule has 8 rings (SSSR count). The first-order valence-corrected chi connectivity index (χ1v) is 16.0. The molecule has 2 fully saturated rings. The molecule has 43 heavy (non-hydrogen) atoms. The summed E-state index contributed by atoms with van der Waals surface area (Å²) in [5.74, 6) is 0. The Bertz CT molecular complexity index is 2150. The third-order valence-corrected chi connectivity index (χ3v) is 9.85. The predicted molar refractivity (Wildman–Crippen MR) is 174 cm³/mol. The number of aliphatic hydroxyl groups excluding tert-OH is 2. The molecule has 4 heterocycles. The normalized spacial score (nSPS) is 22.2. The highest BCUT2D eigenvalue weighted by Gasteiger charge is 2.29. The molecule has 6 aromatic rings. The van der Waals surface area contributed by atoms with E-state index in [1.165, 1.54) is 0 Å². The van der Waals surface area contributed by atoms with Gasteiger partial charge in [0.15, 0.2) is 0 Å². The topological polar surface area (TPSA) is 131 Å². The molecule has 0 amide bonds. The zero-order chi connectivity index (χ0) is 30.0. The molecule has 4 atom stereocenters. The minimum absolute atomic E-state index is 0.0385. The monoisotopic (exact) mass is 708 g/mol.